The number of halogens is 1. The first-order chi connectivity index (χ1) is 15.7. The molecule has 170 valence electrons. The van der Waals surface area contributed by atoms with Crippen LogP contribution in [0.3, 0.4) is 0 Å². The molecule has 9 nitrogen and oxygen atoms in total. The van der Waals surface area contributed by atoms with Crippen LogP contribution in [0.15, 0.2) is 34.9 Å². The molecule has 33 heavy (non-hydrogen) atoms. The molecule has 3 heterocycles. The molecule has 1 atom stereocenters. The predicted octanol–water partition coefficient (Wildman–Crippen LogP) is 2.15. The van der Waals surface area contributed by atoms with E-state index in [4.69, 9.17) is 16.0 Å². The zero-order chi connectivity index (χ0) is 23.5. The summed E-state index contributed by atoms with van der Waals surface area (Å²) in [5.41, 5.74) is 12.1. The summed E-state index contributed by atoms with van der Waals surface area (Å²) < 4.78 is 19.9. The van der Waals surface area contributed by atoms with Gasteiger partial charge in [-0.1, -0.05) is 5.16 Å². The van der Waals surface area contributed by atoms with Gasteiger partial charge in [-0.05, 0) is 48.6 Å². The molecule has 0 radical (unpaired) electrons. The maximum absolute atomic E-state index is 14.6. The lowest BCUT2D eigenvalue weighted by Crippen LogP contribution is -2.35. The van der Waals surface area contributed by atoms with Crippen LogP contribution >= 0.6 is 0 Å². The SMILES string of the molecule is CN1CCC(O)(c2cc(-c3cc(F)cc(-c4cc(C5CC5)c(N)c(C(N)=O)n4)c3)no2)C1=O. The predicted molar refractivity (Wildman–Crippen MR) is 116 cm³/mol. The lowest BCUT2D eigenvalue weighted by atomic mass is 9.97. The maximum Gasteiger partial charge on any atom is 0.269 e. The average molecular weight is 451 g/mol. The molecule has 1 saturated carbocycles. The Kier molecular flexibility index (Phi) is 4.71. The molecular weight excluding hydrogens is 429 g/mol. The molecule has 5 rings (SSSR count). The number of rotatable bonds is 5. The number of carbonyl (C=O) groups is 2. The highest BCUT2D eigenvalue weighted by Gasteiger charge is 2.48. The fourth-order valence-electron chi connectivity index (χ4n) is 4.22. The van der Waals surface area contributed by atoms with Crippen LogP contribution in [0.25, 0.3) is 22.5 Å². The Morgan fingerprint density at radius 2 is 1.91 bits per heavy atom. The molecule has 1 aliphatic heterocycles. The molecule has 3 aromatic rings. The van der Waals surface area contributed by atoms with Crippen molar-refractivity contribution < 1.29 is 23.6 Å². The molecular formula is C23H22FN5O4. The number of hydrogen-bond acceptors (Lipinski definition) is 7. The Morgan fingerprint density at radius 1 is 1.21 bits per heavy atom. The average Bonchev–Trinajstić information content (AvgIpc) is 3.43. The molecule has 1 saturated heterocycles. The van der Waals surface area contributed by atoms with Crippen LogP contribution in [-0.2, 0) is 10.4 Å². The van der Waals surface area contributed by atoms with E-state index in [0.29, 0.717) is 23.4 Å². The van der Waals surface area contributed by atoms with Crippen molar-refractivity contribution in [3.8, 4) is 22.5 Å². The third kappa shape index (κ3) is 3.52. The number of carbonyl (C=O) groups excluding carboxylic acids is 2. The summed E-state index contributed by atoms with van der Waals surface area (Å²) in [5, 5.41) is 14.7. The second kappa shape index (κ2) is 7.38. The summed E-state index contributed by atoms with van der Waals surface area (Å²) in [6.45, 7) is 0.379. The van der Waals surface area contributed by atoms with Crippen molar-refractivity contribution in [2.45, 2.75) is 30.8 Å². The number of likely N-dealkylation sites (N-methyl/N-ethyl adjacent to an activating group) is 1. The van der Waals surface area contributed by atoms with Crippen LogP contribution in [0, 0.1) is 5.82 Å². The number of aromatic nitrogens is 2. The number of benzene rings is 1. The molecule has 2 fully saturated rings. The first-order valence-corrected chi connectivity index (χ1v) is 10.5. The molecule has 1 unspecified atom stereocenters. The van der Waals surface area contributed by atoms with Gasteiger partial charge < -0.3 is 26.0 Å². The third-order valence-electron chi connectivity index (χ3n) is 6.26. The van der Waals surface area contributed by atoms with E-state index in [-0.39, 0.29) is 35.2 Å². The molecule has 5 N–H and O–H groups in total. The summed E-state index contributed by atoms with van der Waals surface area (Å²) in [4.78, 5) is 29.9. The van der Waals surface area contributed by atoms with Crippen molar-refractivity contribution in [1.82, 2.24) is 15.0 Å². The maximum atomic E-state index is 14.6. The van der Waals surface area contributed by atoms with Gasteiger partial charge in [-0.3, -0.25) is 9.59 Å². The molecule has 2 aliphatic rings. The lowest BCUT2D eigenvalue weighted by Gasteiger charge is -2.16. The van der Waals surface area contributed by atoms with Crippen LogP contribution in [-0.4, -0.2) is 45.6 Å². The number of nitrogens with zero attached hydrogens (tertiary/aromatic N) is 3. The Morgan fingerprint density at radius 3 is 2.52 bits per heavy atom. The smallest absolute Gasteiger partial charge is 0.269 e. The van der Waals surface area contributed by atoms with Gasteiger partial charge in [-0.15, -0.1) is 0 Å². The number of pyridine rings is 1. The van der Waals surface area contributed by atoms with Crippen LogP contribution in [0.4, 0.5) is 10.1 Å². The van der Waals surface area contributed by atoms with Gasteiger partial charge in [0.05, 0.1) is 11.4 Å². The minimum atomic E-state index is -1.80. The quantitative estimate of drug-likeness (QED) is 0.538. The normalized spacial score (nSPS) is 20.5. The van der Waals surface area contributed by atoms with Crippen molar-refractivity contribution >= 4 is 17.5 Å². The van der Waals surface area contributed by atoms with Gasteiger partial charge in [-0.25, -0.2) is 9.37 Å². The van der Waals surface area contributed by atoms with Crippen molar-refractivity contribution in [3.63, 3.8) is 0 Å². The molecule has 10 heteroatoms. The summed E-state index contributed by atoms with van der Waals surface area (Å²) >= 11 is 0. The highest BCUT2D eigenvalue weighted by atomic mass is 19.1. The number of nitrogens with two attached hydrogens (primary N) is 2. The van der Waals surface area contributed by atoms with Crippen LogP contribution in [0.2, 0.25) is 0 Å². The van der Waals surface area contributed by atoms with E-state index in [1.807, 2.05) is 0 Å². The zero-order valence-corrected chi connectivity index (χ0v) is 17.8. The van der Waals surface area contributed by atoms with E-state index in [0.717, 1.165) is 18.4 Å². The van der Waals surface area contributed by atoms with Gasteiger partial charge >= 0.3 is 0 Å². The van der Waals surface area contributed by atoms with Crippen molar-refractivity contribution in [2.24, 2.45) is 5.73 Å². The standard InChI is InChI=1S/C23H22FN5O4/c1-29-5-4-23(32,22(29)31)18-10-17(28-33-18)13-6-12(7-14(24)8-13)16-9-15(11-2-3-11)19(25)20(27-16)21(26)30/h6-11,32H,2-5,25H2,1H3,(H2,26,30). The topological polar surface area (TPSA) is 149 Å². The third-order valence-corrected chi connectivity index (χ3v) is 6.26. The monoisotopic (exact) mass is 451 g/mol. The second-order valence-corrected chi connectivity index (χ2v) is 8.64. The van der Waals surface area contributed by atoms with Gasteiger partial charge in [0.2, 0.25) is 5.60 Å². The summed E-state index contributed by atoms with van der Waals surface area (Å²) in [6.07, 6.45) is 2.05. The van der Waals surface area contributed by atoms with Gasteiger partial charge in [0.25, 0.3) is 11.8 Å². The van der Waals surface area contributed by atoms with Gasteiger partial charge in [0.15, 0.2) is 11.5 Å². The van der Waals surface area contributed by atoms with Crippen molar-refractivity contribution in [1.29, 1.82) is 0 Å². The Balaban J connectivity index is 1.56. The number of amides is 2. The molecule has 1 aliphatic carbocycles. The van der Waals surface area contributed by atoms with E-state index in [2.05, 4.69) is 10.1 Å². The first kappa shape index (κ1) is 21.1. The zero-order valence-electron chi connectivity index (χ0n) is 17.8. The molecule has 2 amide bonds. The second-order valence-electron chi connectivity index (χ2n) is 8.64. The number of hydrogen-bond donors (Lipinski definition) is 3. The van der Waals surface area contributed by atoms with E-state index < -0.39 is 23.2 Å². The number of likely N-dealkylation sites (tertiary alicyclic amines) is 1. The van der Waals surface area contributed by atoms with Crippen molar-refractivity contribution in [2.75, 3.05) is 19.3 Å². The number of anilines is 1. The molecule has 1 aromatic carbocycles. The van der Waals surface area contributed by atoms with Crippen LogP contribution in [0.1, 0.15) is 47.0 Å². The van der Waals surface area contributed by atoms with Gasteiger partial charge in [0.1, 0.15) is 11.5 Å². The summed E-state index contributed by atoms with van der Waals surface area (Å²) in [5.74, 6) is -1.58. The van der Waals surface area contributed by atoms with Crippen molar-refractivity contribution in [3.05, 3.63) is 53.2 Å². The number of primary amides is 1. The van der Waals surface area contributed by atoms with E-state index in [9.17, 15) is 19.1 Å². The summed E-state index contributed by atoms with van der Waals surface area (Å²) in [6, 6.07) is 7.36. The fraction of sp³-hybridized carbons (Fsp3) is 0.304. The van der Waals surface area contributed by atoms with Gasteiger partial charge in [0, 0.05) is 37.2 Å². The molecule has 0 spiro atoms. The highest BCUT2D eigenvalue weighted by molar-refractivity contribution is 5.97. The van der Waals surface area contributed by atoms with Crippen LogP contribution in [0.5, 0.6) is 0 Å². The molecule has 0 bridgehead atoms. The Labute approximate surface area is 188 Å². The van der Waals surface area contributed by atoms with E-state index in [1.165, 1.54) is 23.1 Å². The fourth-order valence-corrected chi connectivity index (χ4v) is 4.22. The minimum Gasteiger partial charge on any atom is -0.397 e. The van der Waals surface area contributed by atoms with E-state index >= 15 is 0 Å². The van der Waals surface area contributed by atoms with E-state index in [1.54, 1.807) is 19.2 Å². The summed E-state index contributed by atoms with van der Waals surface area (Å²) in [7, 11) is 1.59. The minimum absolute atomic E-state index is 0.00435. The largest absolute Gasteiger partial charge is 0.397 e. The van der Waals surface area contributed by atoms with Crippen LogP contribution < -0.4 is 11.5 Å². The lowest BCUT2D eigenvalue weighted by molar-refractivity contribution is -0.144. The number of nitrogen functional groups attached to an aromatic ring is 1. The van der Waals surface area contributed by atoms with Gasteiger partial charge in [-0.2, -0.15) is 0 Å². The Hall–Kier alpha value is -3.79. The highest BCUT2D eigenvalue weighted by Crippen LogP contribution is 2.44. The first-order valence-electron chi connectivity index (χ1n) is 10.5. The number of aliphatic hydroxyl groups is 1. The molecule has 2 aromatic heterocycles. The Bertz CT molecular complexity index is 1300.